The van der Waals surface area contributed by atoms with Crippen molar-refractivity contribution in [2.24, 2.45) is 0 Å². The van der Waals surface area contributed by atoms with E-state index in [4.69, 9.17) is 11.6 Å². The van der Waals surface area contributed by atoms with Crippen LogP contribution in [0.1, 0.15) is 37.5 Å². The van der Waals surface area contributed by atoms with Crippen molar-refractivity contribution in [3.8, 4) is 0 Å². The molecule has 0 spiro atoms. The van der Waals surface area contributed by atoms with E-state index in [9.17, 15) is 19.1 Å². The van der Waals surface area contributed by atoms with Gasteiger partial charge >= 0.3 is 0 Å². The molecule has 2 aromatic heterocycles. The first-order valence-corrected chi connectivity index (χ1v) is 14.1. The lowest BCUT2D eigenvalue weighted by atomic mass is 9.94. The third-order valence-corrected chi connectivity index (χ3v) is 9.25. The predicted molar refractivity (Wildman–Crippen MR) is 143 cm³/mol. The Morgan fingerprint density at radius 1 is 1.11 bits per heavy atom. The molecule has 2 aromatic carbocycles. The fourth-order valence-corrected chi connectivity index (χ4v) is 7.05. The van der Waals surface area contributed by atoms with Gasteiger partial charge in [-0.1, -0.05) is 59.0 Å². The highest BCUT2D eigenvalue weighted by molar-refractivity contribution is 8.00. The summed E-state index contributed by atoms with van der Waals surface area (Å²) in [5.41, 5.74) is 0.392. The Balaban J connectivity index is 1.56. The number of benzene rings is 2. The van der Waals surface area contributed by atoms with Crippen LogP contribution in [0.3, 0.4) is 0 Å². The monoisotopic (exact) mass is 590 g/mol. The van der Waals surface area contributed by atoms with Gasteiger partial charge < -0.3 is 5.11 Å². The van der Waals surface area contributed by atoms with Crippen molar-refractivity contribution >= 4 is 62.9 Å². The van der Waals surface area contributed by atoms with Gasteiger partial charge in [-0.25, -0.2) is 13.8 Å². The summed E-state index contributed by atoms with van der Waals surface area (Å²) in [4.78, 5) is 32.5. The summed E-state index contributed by atoms with van der Waals surface area (Å²) in [5, 5.41) is 19.7. The van der Waals surface area contributed by atoms with E-state index >= 15 is 4.39 Å². The van der Waals surface area contributed by atoms with Gasteiger partial charge in [0.05, 0.1) is 21.2 Å². The molecule has 194 valence electrons. The van der Waals surface area contributed by atoms with Crippen LogP contribution in [0.5, 0.6) is 0 Å². The molecule has 38 heavy (non-hydrogen) atoms. The van der Waals surface area contributed by atoms with E-state index in [1.807, 2.05) is 0 Å². The molecule has 4 aromatic rings. The van der Waals surface area contributed by atoms with Crippen LogP contribution in [0.2, 0.25) is 5.02 Å². The second-order valence-corrected chi connectivity index (χ2v) is 12.0. The zero-order valence-electron chi connectivity index (χ0n) is 19.7. The number of aliphatic hydroxyl groups excluding tert-OH is 1. The molecule has 1 aliphatic heterocycles. The van der Waals surface area contributed by atoms with Gasteiger partial charge in [0.1, 0.15) is 17.7 Å². The van der Waals surface area contributed by atoms with E-state index in [0.717, 1.165) is 33.6 Å². The summed E-state index contributed by atoms with van der Waals surface area (Å²) in [6.45, 7) is 3.36. The van der Waals surface area contributed by atoms with Crippen LogP contribution in [-0.4, -0.2) is 32.0 Å². The first-order chi connectivity index (χ1) is 18.2. The molecule has 3 heterocycles. The first-order valence-electron chi connectivity index (χ1n) is 11.1. The lowest BCUT2D eigenvalue weighted by Crippen LogP contribution is -2.31. The fourth-order valence-electron chi connectivity index (χ4n) is 4.06. The van der Waals surface area contributed by atoms with Crippen LogP contribution in [0.25, 0.3) is 0 Å². The van der Waals surface area contributed by atoms with Crippen LogP contribution >= 0.6 is 46.0 Å². The number of hydrogen-bond donors (Lipinski definition) is 1. The number of amides is 1. The minimum absolute atomic E-state index is 0.0157. The summed E-state index contributed by atoms with van der Waals surface area (Å²) in [5.74, 6) is -3.31. The van der Waals surface area contributed by atoms with Crippen molar-refractivity contribution < 1.29 is 23.5 Å². The lowest BCUT2D eigenvalue weighted by Gasteiger charge is -2.25. The average Bonchev–Trinajstić information content (AvgIpc) is 3.54. The highest BCUT2D eigenvalue weighted by atomic mass is 35.5. The summed E-state index contributed by atoms with van der Waals surface area (Å²) in [6, 6.07) is 8.88. The van der Waals surface area contributed by atoms with Gasteiger partial charge in [0.2, 0.25) is 10.9 Å². The largest absolute Gasteiger partial charge is 0.503 e. The van der Waals surface area contributed by atoms with Crippen LogP contribution in [0.4, 0.5) is 13.9 Å². The molecule has 0 saturated heterocycles. The van der Waals surface area contributed by atoms with E-state index in [0.29, 0.717) is 20.6 Å². The standard InChI is InChI=1S/C25H17ClF2N4O3S3/c1-11-22(37-12(2)29-11)20(33)18-19(17-14(26)7-5-9-16(17)28)32(23(35)21(18)34)24-30-31-25(38-24)36-10-13-6-3-4-8-15(13)27/h3-9,19,34H,10H2,1-2H3. The van der Waals surface area contributed by atoms with Crippen molar-refractivity contribution in [3.05, 3.63) is 97.2 Å². The first kappa shape index (κ1) is 26.4. The van der Waals surface area contributed by atoms with Gasteiger partial charge in [0.15, 0.2) is 10.1 Å². The number of thioether (sulfide) groups is 1. The Morgan fingerprint density at radius 2 is 1.84 bits per heavy atom. The van der Waals surface area contributed by atoms with E-state index in [1.54, 1.807) is 32.0 Å². The Morgan fingerprint density at radius 3 is 2.53 bits per heavy atom. The number of nitrogens with zero attached hydrogens (tertiary/aromatic N) is 4. The van der Waals surface area contributed by atoms with E-state index < -0.39 is 29.3 Å². The molecule has 0 radical (unpaired) electrons. The molecule has 0 fully saturated rings. The number of aryl methyl sites for hydroxylation is 2. The van der Waals surface area contributed by atoms with Crippen LogP contribution < -0.4 is 4.90 Å². The van der Waals surface area contributed by atoms with Crippen molar-refractivity contribution in [3.63, 3.8) is 0 Å². The molecule has 1 aliphatic rings. The maximum absolute atomic E-state index is 15.2. The Bertz CT molecular complexity index is 1600. The molecule has 7 nitrogen and oxygen atoms in total. The number of Topliss-reactive ketones (excluding diaryl/α,β-unsaturated/α-hetero) is 1. The number of halogens is 3. The fraction of sp³-hybridized carbons (Fsp3) is 0.160. The highest BCUT2D eigenvalue weighted by Crippen LogP contribution is 2.46. The molecule has 1 amide bonds. The maximum atomic E-state index is 15.2. The lowest BCUT2D eigenvalue weighted by molar-refractivity contribution is -0.117. The second-order valence-electron chi connectivity index (χ2n) is 8.18. The molecule has 0 aliphatic carbocycles. The summed E-state index contributed by atoms with van der Waals surface area (Å²) < 4.78 is 29.6. The zero-order valence-corrected chi connectivity index (χ0v) is 22.9. The van der Waals surface area contributed by atoms with Crippen LogP contribution in [0.15, 0.2) is 58.1 Å². The van der Waals surface area contributed by atoms with E-state index in [-0.39, 0.29) is 37.7 Å². The maximum Gasteiger partial charge on any atom is 0.296 e. The Hall–Kier alpha value is -3.19. The van der Waals surface area contributed by atoms with Gasteiger partial charge in [0, 0.05) is 16.3 Å². The number of thiazole rings is 1. The molecular formula is C25H17ClF2N4O3S3. The van der Waals surface area contributed by atoms with Gasteiger partial charge in [-0.3, -0.25) is 14.5 Å². The van der Waals surface area contributed by atoms with Crippen molar-refractivity contribution in [1.29, 1.82) is 0 Å². The van der Waals surface area contributed by atoms with Crippen molar-refractivity contribution in [1.82, 2.24) is 15.2 Å². The topological polar surface area (TPSA) is 96.3 Å². The molecule has 1 atom stereocenters. The number of hydrogen-bond acceptors (Lipinski definition) is 9. The second kappa shape index (κ2) is 10.5. The number of ketones is 1. The minimum Gasteiger partial charge on any atom is -0.503 e. The van der Waals surface area contributed by atoms with Crippen molar-refractivity contribution in [2.45, 2.75) is 30.0 Å². The van der Waals surface area contributed by atoms with Gasteiger partial charge in [-0.2, -0.15) is 0 Å². The van der Waals surface area contributed by atoms with Crippen LogP contribution in [0, 0.1) is 25.5 Å². The number of anilines is 1. The quantitative estimate of drug-likeness (QED) is 0.147. The van der Waals surface area contributed by atoms with Crippen molar-refractivity contribution in [2.75, 3.05) is 4.90 Å². The normalized spacial score (nSPS) is 15.6. The molecule has 5 rings (SSSR count). The summed E-state index contributed by atoms with van der Waals surface area (Å²) in [7, 11) is 0. The molecule has 1 unspecified atom stereocenters. The van der Waals surface area contributed by atoms with Gasteiger partial charge in [-0.05, 0) is 37.6 Å². The number of carbonyl (C=O) groups excluding carboxylic acids is 2. The van der Waals surface area contributed by atoms with E-state index in [1.165, 1.54) is 30.0 Å². The van der Waals surface area contributed by atoms with Crippen LogP contribution in [-0.2, 0) is 10.5 Å². The third kappa shape index (κ3) is 4.73. The smallest absolute Gasteiger partial charge is 0.296 e. The predicted octanol–water partition coefficient (Wildman–Crippen LogP) is 6.62. The molecular weight excluding hydrogens is 574 g/mol. The summed E-state index contributed by atoms with van der Waals surface area (Å²) in [6.07, 6.45) is 0. The number of aromatic nitrogens is 3. The number of aliphatic hydroxyl groups is 1. The molecule has 13 heteroatoms. The minimum atomic E-state index is -1.40. The Kier molecular flexibility index (Phi) is 7.32. The number of carbonyl (C=O) groups is 2. The Labute approximate surface area is 232 Å². The SMILES string of the molecule is Cc1nc(C)c(C(=O)C2=C(O)C(=O)N(c3nnc(SCc4ccccc4F)s3)C2c2c(F)cccc2Cl)s1. The van der Waals surface area contributed by atoms with Gasteiger partial charge in [0.25, 0.3) is 5.91 Å². The molecule has 0 saturated carbocycles. The molecule has 0 bridgehead atoms. The average molecular weight is 591 g/mol. The molecule has 1 N–H and O–H groups in total. The number of rotatable bonds is 7. The highest BCUT2D eigenvalue weighted by Gasteiger charge is 2.48. The zero-order chi connectivity index (χ0) is 27.1. The third-order valence-electron chi connectivity index (χ3n) is 5.75. The summed E-state index contributed by atoms with van der Waals surface area (Å²) >= 11 is 9.66. The van der Waals surface area contributed by atoms with Gasteiger partial charge in [-0.15, -0.1) is 21.5 Å². The van der Waals surface area contributed by atoms with E-state index in [2.05, 4.69) is 15.2 Å².